The highest BCUT2D eigenvalue weighted by Crippen LogP contribution is 2.64. The Balaban J connectivity index is 1.06. The topological polar surface area (TPSA) is 16.4 Å². The molecular formula is C71H65NO. The Kier molecular flexibility index (Phi) is 9.68. The van der Waals surface area contributed by atoms with Gasteiger partial charge in [0.1, 0.15) is 11.2 Å². The van der Waals surface area contributed by atoms with Crippen LogP contribution in [0.5, 0.6) is 0 Å². The molecule has 2 atom stereocenters. The molecule has 4 aliphatic carbocycles. The molecule has 2 unspecified atom stereocenters. The lowest BCUT2D eigenvalue weighted by atomic mass is 9.67. The average molecular weight is 948 g/mol. The Bertz CT molecular complexity index is 3880. The van der Waals surface area contributed by atoms with Gasteiger partial charge in [-0.25, -0.2) is 0 Å². The Hall–Kier alpha value is -7.42. The van der Waals surface area contributed by atoms with Crippen LogP contribution in [-0.4, -0.2) is 0 Å². The quantitative estimate of drug-likeness (QED) is 0.175. The number of nitrogens with zero attached hydrogens (tertiary/aromatic N) is 1. The second-order valence-corrected chi connectivity index (χ2v) is 25.0. The molecule has 9 aromatic rings. The summed E-state index contributed by atoms with van der Waals surface area (Å²) in [6.07, 6.45) is 9.95. The summed E-state index contributed by atoms with van der Waals surface area (Å²) in [5.74, 6) is 0.285. The predicted molar refractivity (Wildman–Crippen MR) is 309 cm³/mol. The molecule has 1 spiro atoms. The molecule has 0 amide bonds. The molecule has 2 heteroatoms. The number of allylic oxidation sites excluding steroid dienone is 6. The molecule has 8 aromatic carbocycles. The van der Waals surface area contributed by atoms with Crippen LogP contribution in [-0.2, 0) is 21.7 Å². The number of furan rings is 1. The number of hydrogen-bond donors (Lipinski definition) is 0. The predicted octanol–water partition coefficient (Wildman–Crippen LogP) is 19.5. The minimum absolute atomic E-state index is 0.0432. The second-order valence-electron chi connectivity index (χ2n) is 25.0. The first kappa shape index (κ1) is 45.4. The Morgan fingerprint density at radius 2 is 0.959 bits per heavy atom. The third-order valence-electron chi connectivity index (χ3n) is 17.1. The summed E-state index contributed by atoms with van der Waals surface area (Å²) >= 11 is 0. The fourth-order valence-electron chi connectivity index (χ4n) is 13.0. The summed E-state index contributed by atoms with van der Waals surface area (Å²) in [5.41, 5.74) is 25.5. The average Bonchev–Trinajstić information content (AvgIpc) is 4.01. The highest BCUT2D eigenvalue weighted by atomic mass is 16.3. The molecule has 0 bridgehead atoms. The Morgan fingerprint density at radius 3 is 1.64 bits per heavy atom. The van der Waals surface area contributed by atoms with Gasteiger partial charge in [0.05, 0.1) is 5.41 Å². The van der Waals surface area contributed by atoms with E-state index in [2.05, 4.69) is 263 Å². The van der Waals surface area contributed by atoms with Crippen molar-refractivity contribution < 1.29 is 4.42 Å². The molecule has 0 aliphatic heterocycles. The fraction of sp³-hybridized carbons (Fsp3) is 0.239. The molecular weight excluding hydrogens is 883 g/mol. The van der Waals surface area contributed by atoms with Crippen LogP contribution in [0.15, 0.2) is 198 Å². The highest BCUT2D eigenvalue weighted by Gasteiger charge is 2.53. The zero-order valence-electron chi connectivity index (χ0n) is 44.3. The molecule has 0 radical (unpaired) electrons. The fourth-order valence-corrected chi connectivity index (χ4v) is 13.0. The lowest BCUT2D eigenvalue weighted by molar-refractivity contribution is 0.344. The van der Waals surface area contributed by atoms with E-state index in [1.807, 2.05) is 6.07 Å². The minimum Gasteiger partial charge on any atom is -0.455 e. The molecule has 1 heterocycles. The van der Waals surface area contributed by atoms with Gasteiger partial charge in [0, 0.05) is 44.7 Å². The SMILES string of the molecule is CC(C)(C)c1ccc2c(c1)C1(C3=C2C=CC(C(C)(C)C)C=C3)c2cc(N(c3ccc(-c4cccc5c4oc4ccccc45)cc3)c3ccc4c(c3)C(C)(C)c3ccccc3-4)ccc2-c2ccc(C(C)(C)C)cc21. The van der Waals surface area contributed by atoms with Gasteiger partial charge >= 0.3 is 0 Å². The van der Waals surface area contributed by atoms with E-state index >= 15 is 0 Å². The molecule has 2 nitrogen and oxygen atoms in total. The molecule has 4 aliphatic rings. The number of fused-ring (bicyclic) bond motifs is 15. The van der Waals surface area contributed by atoms with Crippen molar-refractivity contribution in [2.75, 3.05) is 4.90 Å². The van der Waals surface area contributed by atoms with Crippen molar-refractivity contribution in [3.05, 3.63) is 238 Å². The number of benzene rings is 8. The number of anilines is 3. The third kappa shape index (κ3) is 6.68. The van der Waals surface area contributed by atoms with Crippen LogP contribution in [0.2, 0.25) is 0 Å². The van der Waals surface area contributed by atoms with Gasteiger partial charge in [-0.05, 0) is 142 Å². The van der Waals surface area contributed by atoms with E-state index < -0.39 is 5.41 Å². The lowest BCUT2D eigenvalue weighted by Crippen LogP contribution is -2.28. The third-order valence-corrected chi connectivity index (χ3v) is 17.1. The number of hydrogen-bond acceptors (Lipinski definition) is 2. The first-order valence-electron chi connectivity index (χ1n) is 26.5. The Labute approximate surface area is 432 Å². The monoisotopic (exact) mass is 948 g/mol. The standard InChI is InChI=1S/C71H65NO/c1-67(2,3)44-25-33-52-54-34-26-45(68(4,5)6)39-62(54)71(60(52)38-28-44)63-40-46(69(7,8)9)27-35-55(63)56-37-32-49(42-64(56)71)72(48-31-36-53-51-17-12-14-21-59(51)70(10,11)61(53)41-48)47-29-23-43(24-30-47)50-19-16-20-58-57-18-13-15-22-65(57)73-66(50)58/h12-42,44H,1-11H3. The van der Waals surface area contributed by atoms with Gasteiger partial charge in [-0.15, -0.1) is 0 Å². The smallest absolute Gasteiger partial charge is 0.143 e. The van der Waals surface area contributed by atoms with Crippen LogP contribution in [0.25, 0.3) is 60.9 Å². The molecule has 13 rings (SSSR count). The molecule has 360 valence electrons. The van der Waals surface area contributed by atoms with E-state index in [0.29, 0.717) is 0 Å². The van der Waals surface area contributed by atoms with Crippen LogP contribution in [0, 0.1) is 11.3 Å². The van der Waals surface area contributed by atoms with Crippen LogP contribution in [0.1, 0.15) is 121 Å². The summed E-state index contributed by atoms with van der Waals surface area (Å²) in [6, 6.07) is 62.4. The first-order valence-corrected chi connectivity index (χ1v) is 26.5. The van der Waals surface area contributed by atoms with Crippen LogP contribution >= 0.6 is 0 Å². The number of para-hydroxylation sites is 2. The van der Waals surface area contributed by atoms with Crippen molar-refractivity contribution >= 4 is 44.6 Å². The van der Waals surface area contributed by atoms with Gasteiger partial charge in [0.25, 0.3) is 0 Å². The van der Waals surface area contributed by atoms with E-state index in [9.17, 15) is 0 Å². The van der Waals surface area contributed by atoms with E-state index in [0.717, 1.165) is 50.1 Å². The Morgan fingerprint density at radius 1 is 0.438 bits per heavy atom. The summed E-state index contributed by atoms with van der Waals surface area (Å²) in [6.45, 7) is 26.0. The van der Waals surface area contributed by atoms with Gasteiger partial charge in [-0.2, -0.15) is 0 Å². The van der Waals surface area contributed by atoms with E-state index in [4.69, 9.17) is 4.42 Å². The lowest BCUT2D eigenvalue weighted by Gasteiger charge is -2.35. The summed E-state index contributed by atoms with van der Waals surface area (Å²) in [7, 11) is 0. The van der Waals surface area contributed by atoms with Crippen molar-refractivity contribution in [2.45, 2.75) is 97.8 Å². The summed E-state index contributed by atoms with van der Waals surface area (Å²) in [5, 5.41) is 2.28. The second kappa shape index (κ2) is 15.5. The normalized spacial score (nSPS) is 18.2. The zero-order valence-corrected chi connectivity index (χ0v) is 44.3. The van der Waals surface area contributed by atoms with Crippen molar-refractivity contribution in [2.24, 2.45) is 11.3 Å². The van der Waals surface area contributed by atoms with E-state index in [1.54, 1.807) is 0 Å². The number of rotatable bonds is 4. The zero-order chi connectivity index (χ0) is 50.6. The summed E-state index contributed by atoms with van der Waals surface area (Å²) in [4.78, 5) is 2.51. The van der Waals surface area contributed by atoms with Crippen molar-refractivity contribution in [1.82, 2.24) is 0 Å². The van der Waals surface area contributed by atoms with Gasteiger partial charge < -0.3 is 9.32 Å². The minimum atomic E-state index is -0.566. The maximum absolute atomic E-state index is 6.58. The van der Waals surface area contributed by atoms with Gasteiger partial charge in [-0.1, -0.05) is 222 Å². The van der Waals surface area contributed by atoms with Gasteiger partial charge in [0.2, 0.25) is 0 Å². The van der Waals surface area contributed by atoms with Gasteiger partial charge in [0.15, 0.2) is 0 Å². The van der Waals surface area contributed by atoms with E-state index in [-0.39, 0.29) is 27.6 Å². The first-order chi connectivity index (χ1) is 34.8. The maximum atomic E-state index is 6.58. The molecule has 0 fully saturated rings. The van der Waals surface area contributed by atoms with Crippen LogP contribution in [0.4, 0.5) is 17.1 Å². The maximum Gasteiger partial charge on any atom is 0.143 e. The van der Waals surface area contributed by atoms with Crippen molar-refractivity contribution in [3.8, 4) is 33.4 Å². The van der Waals surface area contributed by atoms with Crippen molar-refractivity contribution in [3.63, 3.8) is 0 Å². The van der Waals surface area contributed by atoms with Crippen LogP contribution < -0.4 is 4.90 Å². The van der Waals surface area contributed by atoms with Crippen molar-refractivity contribution in [1.29, 1.82) is 0 Å². The molecule has 1 aromatic heterocycles. The molecule has 0 saturated heterocycles. The van der Waals surface area contributed by atoms with Gasteiger partial charge in [-0.3, -0.25) is 0 Å². The van der Waals surface area contributed by atoms with Crippen LogP contribution in [0.3, 0.4) is 0 Å². The molecule has 73 heavy (non-hydrogen) atoms. The molecule has 0 N–H and O–H groups in total. The molecule has 0 saturated carbocycles. The highest BCUT2D eigenvalue weighted by molar-refractivity contribution is 6.09. The van der Waals surface area contributed by atoms with E-state index in [1.165, 1.54) is 77.9 Å². The largest absolute Gasteiger partial charge is 0.455 e. The summed E-state index contributed by atoms with van der Waals surface area (Å²) < 4.78 is 6.58.